The second-order valence-corrected chi connectivity index (χ2v) is 9.83. The summed E-state index contributed by atoms with van der Waals surface area (Å²) in [4.78, 5) is 0. The molecule has 1 nitrogen and oxygen atoms in total. The molecule has 0 saturated heterocycles. The van der Waals surface area contributed by atoms with Gasteiger partial charge in [0.25, 0.3) is 0 Å². The number of rotatable bonds is 3. The van der Waals surface area contributed by atoms with Crippen LogP contribution in [0.2, 0.25) is 19.6 Å². The minimum Gasteiger partial charge on any atom is -0.548 e. The summed E-state index contributed by atoms with van der Waals surface area (Å²) in [6.07, 6.45) is 4.61. The molecule has 0 bridgehead atoms. The van der Waals surface area contributed by atoms with Crippen molar-refractivity contribution in [3.05, 3.63) is 47.7 Å². The van der Waals surface area contributed by atoms with E-state index in [-0.39, 0.29) is 0 Å². The predicted molar refractivity (Wildman–Crippen MR) is 70.9 cm³/mol. The fourth-order valence-corrected chi connectivity index (χ4v) is 3.09. The van der Waals surface area contributed by atoms with Crippen molar-refractivity contribution < 1.29 is 4.43 Å². The van der Waals surface area contributed by atoms with E-state index in [1.165, 1.54) is 17.7 Å². The van der Waals surface area contributed by atoms with Gasteiger partial charge in [0.05, 0.1) is 5.76 Å². The highest BCUT2D eigenvalue weighted by Gasteiger charge is 2.23. The number of benzene rings is 1. The van der Waals surface area contributed by atoms with E-state index < -0.39 is 8.32 Å². The Kier molecular flexibility index (Phi) is 3.19. The molecule has 0 spiro atoms. The lowest BCUT2D eigenvalue weighted by molar-refractivity contribution is 0.408. The molecule has 1 aromatic carbocycles. The molecule has 0 fully saturated rings. The largest absolute Gasteiger partial charge is 0.548 e. The van der Waals surface area contributed by atoms with E-state index in [0.29, 0.717) is 5.92 Å². The highest BCUT2D eigenvalue weighted by molar-refractivity contribution is 6.70. The van der Waals surface area contributed by atoms with Gasteiger partial charge < -0.3 is 4.43 Å². The zero-order valence-corrected chi connectivity index (χ0v) is 11.4. The molecule has 1 aliphatic rings. The van der Waals surface area contributed by atoms with Crippen LogP contribution < -0.4 is 0 Å². The molecule has 0 N–H and O–H groups in total. The number of hydrogen-bond donors (Lipinski definition) is 0. The summed E-state index contributed by atoms with van der Waals surface area (Å²) in [6.45, 7) is 6.72. The maximum absolute atomic E-state index is 6.05. The van der Waals surface area contributed by atoms with Crippen molar-refractivity contribution in [3.8, 4) is 0 Å². The first kappa shape index (κ1) is 11.5. The average Bonchev–Trinajstić information content (AvgIpc) is 2.65. The van der Waals surface area contributed by atoms with Crippen LogP contribution in [-0.4, -0.2) is 8.32 Å². The summed E-state index contributed by atoms with van der Waals surface area (Å²) in [6, 6.07) is 10.7. The van der Waals surface area contributed by atoms with Crippen molar-refractivity contribution in [2.75, 3.05) is 0 Å². The first-order valence-corrected chi connectivity index (χ1v) is 9.40. The maximum atomic E-state index is 6.05. The average molecular weight is 232 g/mol. The van der Waals surface area contributed by atoms with Crippen molar-refractivity contribution in [2.24, 2.45) is 0 Å². The van der Waals surface area contributed by atoms with Crippen molar-refractivity contribution in [1.29, 1.82) is 0 Å². The van der Waals surface area contributed by atoms with E-state index in [0.717, 1.165) is 6.42 Å². The van der Waals surface area contributed by atoms with Crippen LogP contribution in [0.1, 0.15) is 24.3 Å². The Labute approximate surface area is 99.3 Å². The standard InChI is InChI=1S/C14H20OSi/c1-16(2,3)15-14-10-9-13(11-14)12-7-5-4-6-8-12/h4-8,11,13H,9-10H2,1-3H3/t13-/m0/s1. The van der Waals surface area contributed by atoms with Crippen molar-refractivity contribution in [1.82, 2.24) is 0 Å². The van der Waals surface area contributed by atoms with Crippen LogP contribution in [0.4, 0.5) is 0 Å². The van der Waals surface area contributed by atoms with Gasteiger partial charge in [0, 0.05) is 12.3 Å². The molecule has 0 radical (unpaired) electrons. The Morgan fingerprint density at radius 2 is 1.81 bits per heavy atom. The summed E-state index contributed by atoms with van der Waals surface area (Å²) in [5.41, 5.74) is 1.41. The lowest BCUT2D eigenvalue weighted by Gasteiger charge is -2.19. The lowest BCUT2D eigenvalue weighted by Crippen LogP contribution is -2.24. The second kappa shape index (κ2) is 4.46. The quantitative estimate of drug-likeness (QED) is 0.706. The summed E-state index contributed by atoms with van der Waals surface area (Å²) in [7, 11) is -1.42. The Hall–Kier alpha value is -1.02. The van der Waals surface area contributed by atoms with E-state index >= 15 is 0 Å². The van der Waals surface area contributed by atoms with Crippen LogP contribution in [0.15, 0.2) is 42.2 Å². The molecule has 1 aromatic rings. The van der Waals surface area contributed by atoms with Crippen LogP contribution >= 0.6 is 0 Å². The normalized spacial score (nSPS) is 20.7. The van der Waals surface area contributed by atoms with E-state index in [1.54, 1.807) is 0 Å². The van der Waals surface area contributed by atoms with Gasteiger partial charge in [-0.3, -0.25) is 0 Å². The number of hydrogen-bond acceptors (Lipinski definition) is 1. The van der Waals surface area contributed by atoms with Crippen LogP contribution in [0, 0.1) is 0 Å². The third-order valence-corrected chi connectivity index (χ3v) is 3.63. The summed E-state index contributed by atoms with van der Waals surface area (Å²) in [5.74, 6) is 1.78. The van der Waals surface area contributed by atoms with Crippen molar-refractivity contribution in [3.63, 3.8) is 0 Å². The SMILES string of the molecule is C[Si](C)(C)OC1=C[C@@H](c2ccccc2)CC1. The van der Waals surface area contributed by atoms with Gasteiger partial charge in [-0.25, -0.2) is 0 Å². The summed E-state index contributed by atoms with van der Waals surface area (Å²) < 4.78 is 6.05. The van der Waals surface area contributed by atoms with Crippen LogP contribution in [-0.2, 0) is 4.43 Å². The van der Waals surface area contributed by atoms with Crippen LogP contribution in [0.3, 0.4) is 0 Å². The first-order chi connectivity index (χ1) is 7.54. The van der Waals surface area contributed by atoms with E-state index in [4.69, 9.17) is 4.43 Å². The zero-order valence-electron chi connectivity index (χ0n) is 10.4. The van der Waals surface area contributed by atoms with Gasteiger partial charge in [-0.2, -0.15) is 0 Å². The van der Waals surface area contributed by atoms with E-state index in [2.05, 4.69) is 56.0 Å². The Bertz CT molecular complexity index is 375. The predicted octanol–water partition coefficient (Wildman–Crippen LogP) is 4.30. The minimum absolute atomic E-state index is 0.563. The van der Waals surface area contributed by atoms with Crippen LogP contribution in [0.5, 0.6) is 0 Å². The van der Waals surface area contributed by atoms with Gasteiger partial charge in [0.2, 0.25) is 8.32 Å². The van der Waals surface area contributed by atoms with Gasteiger partial charge in [0.15, 0.2) is 0 Å². The van der Waals surface area contributed by atoms with Gasteiger partial charge in [-0.1, -0.05) is 30.3 Å². The first-order valence-electron chi connectivity index (χ1n) is 5.99. The summed E-state index contributed by atoms with van der Waals surface area (Å²) >= 11 is 0. The molecule has 2 heteroatoms. The second-order valence-electron chi connectivity index (χ2n) is 5.40. The third kappa shape index (κ3) is 2.98. The van der Waals surface area contributed by atoms with Gasteiger partial charge >= 0.3 is 0 Å². The van der Waals surface area contributed by atoms with E-state index in [9.17, 15) is 0 Å². The smallest absolute Gasteiger partial charge is 0.241 e. The molecule has 16 heavy (non-hydrogen) atoms. The third-order valence-electron chi connectivity index (χ3n) is 2.75. The van der Waals surface area contributed by atoms with Gasteiger partial charge in [-0.15, -0.1) is 0 Å². The topological polar surface area (TPSA) is 9.23 Å². The highest BCUT2D eigenvalue weighted by atomic mass is 28.4. The molecule has 2 rings (SSSR count). The molecule has 1 atom stereocenters. The maximum Gasteiger partial charge on any atom is 0.241 e. The monoisotopic (exact) mass is 232 g/mol. The minimum atomic E-state index is -1.42. The molecule has 1 aliphatic carbocycles. The zero-order chi connectivity index (χ0) is 11.6. The molecule has 0 aliphatic heterocycles. The van der Waals surface area contributed by atoms with E-state index in [1.807, 2.05) is 0 Å². The molecule has 0 aromatic heterocycles. The lowest BCUT2D eigenvalue weighted by atomic mass is 9.99. The number of allylic oxidation sites excluding steroid dienone is 2. The Morgan fingerprint density at radius 1 is 1.12 bits per heavy atom. The Morgan fingerprint density at radius 3 is 2.44 bits per heavy atom. The van der Waals surface area contributed by atoms with Gasteiger partial charge in [-0.05, 0) is 37.7 Å². The van der Waals surface area contributed by atoms with Crippen LogP contribution in [0.25, 0.3) is 0 Å². The van der Waals surface area contributed by atoms with Gasteiger partial charge in [0.1, 0.15) is 0 Å². The molecule has 86 valence electrons. The molecule has 0 saturated carbocycles. The fraction of sp³-hybridized carbons (Fsp3) is 0.429. The molecule has 0 amide bonds. The molecular formula is C14H20OSi. The molecule has 0 heterocycles. The fourth-order valence-electron chi connectivity index (χ4n) is 2.13. The van der Waals surface area contributed by atoms with Crippen molar-refractivity contribution >= 4 is 8.32 Å². The highest BCUT2D eigenvalue weighted by Crippen LogP contribution is 2.34. The van der Waals surface area contributed by atoms with Crippen molar-refractivity contribution in [2.45, 2.75) is 38.4 Å². The summed E-state index contributed by atoms with van der Waals surface area (Å²) in [5, 5.41) is 0. The Balaban J connectivity index is 2.07. The molecule has 0 unspecified atom stereocenters. The molecular weight excluding hydrogens is 212 g/mol.